The maximum absolute atomic E-state index is 11.8. The van der Waals surface area contributed by atoms with Crippen LogP contribution < -0.4 is 5.32 Å². The molecule has 112 valence electrons. The molecule has 0 radical (unpaired) electrons. The van der Waals surface area contributed by atoms with E-state index >= 15 is 0 Å². The second kappa shape index (κ2) is 6.69. The summed E-state index contributed by atoms with van der Waals surface area (Å²) in [5.74, 6) is 0.638. The minimum Gasteiger partial charge on any atom is -0.469 e. The van der Waals surface area contributed by atoms with Crippen LogP contribution in [0.4, 0.5) is 5.69 Å². The van der Waals surface area contributed by atoms with Crippen molar-refractivity contribution in [2.75, 3.05) is 0 Å². The molecule has 0 saturated heterocycles. The molecule has 8 heteroatoms. The zero-order valence-electron chi connectivity index (χ0n) is 11.6. The first-order valence-electron chi connectivity index (χ1n) is 6.53. The number of nitrogens with one attached hydrogen (secondary N) is 1. The summed E-state index contributed by atoms with van der Waals surface area (Å²) >= 11 is 0. The minimum atomic E-state index is -0.548. The highest BCUT2D eigenvalue weighted by Gasteiger charge is 2.13. The average Bonchev–Trinajstić information content (AvgIpc) is 3.06. The van der Waals surface area contributed by atoms with E-state index < -0.39 is 4.92 Å². The highest BCUT2D eigenvalue weighted by molar-refractivity contribution is 5.75. The topological polar surface area (TPSA) is 103 Å². The maximum Gasteiger partial charge on any atom is 0.307 e. The summed E-state index contributed by atoms with van der Waals surface area (Å²) in [4.78, 5) is 21.8. The number of nitro groups is 1. The molecule has 2 heterocycles. The molecule has 1 N–H and O–H groups in total. The Bertz CT molecular complexity index is 605. The number of nitrogens with zero attached hydrogens (tertiary/aromatic N) is 3. The Morgan fingerprint density at radius 2 is 2.43 bits per heavy atom. The van der Waals surface area contributed by atoms with Gasteiger partial charge in [0.25, 0.3) is 0 Å². The molecule has 1 amide bonds. The Balaban J connectivity index is 1.76. The molecular weight excluding hydrogens is 276 g/mol. The fourth-order valence-electron chi connectivity index (χ4n) is 1.89. The van der Waals surface area contributed by atoms with E-state index in [1.165, 1.54) is 10.9 Å². The summed E-state index contributed by atoms with van der Waals surface area (Å²) in [6, 6.07) is 3.69. The molecule has 1 atom stereocenters. The molecule has 0 aliphatic carbocycles. The van der Waals surface area contributed by atoms with Crippen molar-refractivity contribution >= 4 is 11.6 Å². The van der Waals surface area contributed by atoms with Gasteiger partial charge in [0.15, 0.2) is 0 Å². The van der Waals surface area contributed by atoms with E-state index in [0.717, 1.165) is 24.8 Å². The van der Waals surface area contributed by atoms with Gasteiger partial charge in [-0.05, 0) is 25.5 Å². The molecule has 8 nitrogen and oxygen atoms in total. The van der Waals surface area contributed by atoms with Gasteiger partial charge in [0.05, 0.1) is 11.2 Å². The van der Waals surface area contributed by atoms with Crippen molar-refractivity contribution < 1.29 is 14.1 Å². The number of carbonyl (C=O) groups excluding carboxylic acids is 1. The fourth-order valence-corrected chi connectivity index (χ4v) is 1.89. The highest BCUT2D eigenvalue weighted by Crippen LogP contribution is 2.08. The van der Waals surface area contributed by atoms with Crippen molar-refractivity contribution in [2.45, 2.75) is 32.4 Å². The van der Waals surface area contributed by atoms with Crippen molar-refractivity contribution in [3.05, 3.63) is 46.7 Å². The van der Waals surface area contributed by atoms with Gasteiger partial charge in [-0.3, -0.25) is 19.6 Å². The number of aromatic nitrogens is 2. The quantitative estimate of drug-likeness (QED) is 0.615. The molecule has 0 aliphatic rings. The smallest absolute Gasteiger partial charge is 0.307 e. The lowest BCUT2D eigenvalue weighted by atomic mass is 10.1. The number of rotatable bonds is 7. The predicted molar refractivity (Wildman–Crippen MR) is 73.5 cm³/mol. The number of hydrogen-bond acceptors (Lipinski definition) is 5. The monoisotopic (exact) mass is 292 g/mol. The minimum absolute atomic E-state index is 0.0202. The van der Waals surface area contributed by atoms with E-state index in [1.807, 2.05) is 19.1 Å². The lowest BCUT2D eigenvalue weighted by Gasteiger charge is -2.13. The zero-order chi connectivity index (χ0) is 15.2. The van der Waals surface area contributed by atoms with Crippen LogP contribution in [0.1, 0.15) is 19.1 Å². The molecule has 2 aromatic rings. The van der Waals surface area contributed by atoms with E-state index in [1.54, 1.807) is 6.26 Å². The number of carbonyl (C=O) groups is 1. The Labute approximate surface area is 120 Å². The van der Waals surface area contributed by atoms with Crippen LogP contribution in [0.15, 0.2) is 35.2 Å². The van der Waals surface area contributed by atoms with Gasteiger partial charge in [0.1, 0.15) is 24.7 Å². The largest absolute Gasteiger partial charge is 0.469 e. The normalized spacial score (nSPS) is 12.0. The van der Waals surface area contributed by atoms with Crippen molar-refractivity contribution in [3.8, 4) is 0 Å². The van der Waals surface area contributed by atoms with Crippen molar-refractivity contribution in [3.63, 3.8) is 0 Å². The summed E-state index contributed by atoms with van der Waals surface area (Å²) in [5, 5.41) is 17.1. The van der Waals surface area contributed by atoms with Gasteiger partial charge in [-0.1, -0.05) is 0 Å². The van der Waals surface area contributed by atoms with Crippen LogP contribution in [0.3, 0.4) is 0 Å². The molecule has 0 bridgehead atoms. The molecule has 0 aromatic carbocycles. The number of furan rings is 1. The number of aryl methyl sites for hydroxylation is 1. The molecule has 0 saturated carbocycles. The molecule has 1 unspecified atom stereocenters. The first-order chi connectivity index (χ1) is 10.0. The standard InChI is InChI=1S/C13H16N4O4/c1-10(4-5-12-3-2-6-21-12)15-13(18)9-16-8-11(7-14-16)17(19)20/h2-3,6-8,10H,4-5,9H2,1H3,(H,15,18). The van der Waals surface area contributed by atoms with Crippen molar-refractivity contribution in [1.29, 1.82) is 0 Å². The lowest BCUT2D eigenvalue weighted by molar-refractivity contribution is -0.385. The Kier molecular flexibility index (Phi) is 4.70. The van der Waals surface area contributed by atoms with Gasteiger partial charge in [0.2, 0.25) is 5.91 Å². The zero-order valence-corrected chi connectivity index (χ0v) is 11.6. The third kappa shape index (κ3) is 4.44. The van der Waals surface area contributed by atoms with Crippen molar-refractivity contribution in [2.24, 2.45) is 0 Å². The van der Waals surface area contributed by atoms with Gasteiger partial charge in [0, 0.05) is 12.5 Å². The molecule has 0 spiro atoms. The Morgan fingerprint density at radius 3 is 3.05 bits per heavy atom. The Hall–Kier alpha value is -2.64. The van der Waals surface area contributed by atoms with Crippen LogP contribution in [-0.2, 0) is 17.8 Å². The molecular formula is C13H16N4O4. The summed E-state index contributed by atoms with van der Waals surface area (Å²) < 4.78 is 6.46. The van der Waals surface area contributed by atoms with Crippen LogP contribution in [0.25, 0.3) is 0 Å². The van der Waals surface area contributed by atoms with E-state index in [9.17, 15) is 14.9 Å². The average molecular weight is 292 g/mol. The van der Waals surface area contributed by atoms with Gasteiger partial charge >= 0.3 is 5.69 Å². The van der Waals surface area contributed by atoms with Gasteiger partial charge in [-0.25, -0.2) is 0 Å². The SMILES string of the molecule is CC(CCc1ccco1)NC(=O)Cn1cc([N+](=O)[O-])cn1. The second-order valence-corrected chi connectivity index (χ2v) is 4.74. The van der Waals surface area contributed by atoms with Crippen LogP contribution in [0.2, 0.25) is 0 Å². The first kappa shape index (κ1) is 14.8. The van der Waals surface area contributed by atoms with Crippen LogP contribution in [0, 0.1) is 10.1 Å². The summed E-state index contributed by atoms with van der Waals surface area (Å²) in [7, 11) is 0. The molecule has 0 aliphatic heterocycles. The second-order valence-electron chi connectivity index (χ2n) is 4.74. The van der Waals surface area contributed by atoms with Crippen LogP contribution in [-0.4, -0.2) is 26.7 Å². The first-order valence-corrected chi connectivity index (χ1v) is 6.53. The number of hydrogen-bond donors (Lipinski definition) is 1. The maximum atomic E-state index is 11.8. The van der Waals surface area contributed by atoms with Crippen molar-refractivity contribution in [1.82, 2.24) is 15.1 Å². The van der Waals surface area contributed by atoms with Gasteiger partial charge < -0.3 is 9.73 Å². The molecule has 2 rings (SSSR count). The fraction of sp³-hybridized carbons (Fsp3) is 0.385. The summed E-state index contributed by atoms with van der Waals surface area (Å²) in [5.41, 5.74) is -0.131. The van der Waals surface area contributed by atoms with Crippen LogP contribution >= 0.6 is 0 Å². The third-order valence-corrected chi connectivity index (χ3v) is 2.95. The predicted octanol–water partition coefficient (Wildman–Crippen LogP) is 1.52. The Morgan fingerprint density at radius 1 is 1.62 bits per heavy atom. The van der Waals surface area contributed by atoms with E-state index in [-0.39, 0.29) is 24.2 Å². The van der Waals surface area contributed by atoms with Gasteiger partial charge in [-0.15, -0.1) is 0 Å². The lowest BCUT2D eigenvalue weighted by Crippen LogP contribution is -2.35. The van der Waals surface area contributed by atoms with E-state index in [2.05, 4.69) is 10.4 Å². The summed E-state index contributed by atoms with van der Waals surface area (Å²) in [6.45, 7) is 1.85. The highest BCUT2D eigenvalue weighted by atomic mass is 16.6. The molecule has 0 fully saturated rings. The van der Waals surface area contributed by atoms with E-state index in [0.29, 0.717) is 0 Å². The van der Waals surface area contributed by atoms with Gasteiger partial charge in [-0.2, -0.15) is 5.10 Å². The molecule has 21 heavy (non-hydrogen) atoms. The number of amides is 1. The van der Waals surface area contributed by atoms with Crippen LogP contribution in [0.5, 0.6) is 0 Å². The van der Waals surface area contributed by atoms with E-state index in [4.69, 9.17) is 4.42 Å². The summed E-state index contributed by atoms with van der Waals surface area (Å²) in [6.07, 6.45) is 5.45. The third-order valence-electron chi connectivity index (χ3n) is 2.95. The molecule has 2 aromatic heterocycles.